The average Bonchev–Trinajstić information content (AvgIpc) is 2.16. The molecule has 1 N–H and O–H groups in total. The smallest absolute Gasteiger partial charge is 0.409 e. The van der Waals surface area contributed by atoms with Crippen LogP contribution in [-0.2, 0) is 4.74 Å². The Hall–Kier alpha value is -0.770. The van der Waals surface area contributed by atoms with Gasteiger partial charge in [-0.25, -0.2) is 4.79 Å². The number of ether oxygens (including phenoxy) is 1. The van der Waals surface area contributed by atoms with E-state index < -0.39 is 0 Å². The van der Waals surface area contributed by atoms with Crippen molar-refractivity contribution in [3.63, 3.8) is 0 Å². The van der Waals surface area contributed by atoms with E-state index in [9.17, 15) is 4.79 Å². The third-order valence-corrected chi connectivity index (χ3v) is 2.46. The molecule has 13 heavy (non-hydrogen) atoms. The molecular weight excluding hydrogens is 168 g/mol. The number of hydrogen-bond donors (Lipinski definition) is 1. The lowest BCUT2D eigenvalue weighted by Crippen LogP contribution is -2.55. The highest BCUT2D eigenvalue weighted by Gasteiger charge is 2.28. The van der Waals surface area contributed by atoms with Gasteiger partial charge >= 0.3 is 6.09 Å². The van der Waals surface area contributed by atoms with Crippen LogP contribution in [0, 0.1) is 5.92 Å². The van der Waals surface area contributed by atoms with E-state index >= 15 is 0 Å². The minimum Gasteiger partial charge on any atom is -0.453 e. The molecule has 1 rings (SSSR count). The summed E-state index contributed by atoms with van der Waals surface area (Å²) >= 11 is 0. The van der Waals surface area contributed by atoms with Crippen LogP contribution in [0.2, 0.25) is 0 Å². The quantitative estimate of drug-likeness (QED) is 0.655. The molecule has 0 aromatic heterocycles. The molecular formula is C9H18N2O2. The molecule has 1 fully saturated rings. The molecule has 0 aromatic carbocycles. The summed E-state index contributed by atoms with van der Waals surface area (Å²) < 4.78 is 4.73. The van der Waals surface area contributed by atoms with Crippen LogP contribution in [0.25, 0.3) is 0 Å². The molecule has 0 saturated carbocycles. The van der Waals surface area contributed by atoms with Gasteiger partial charge < -0.3 is 15.0 Å². The number of methoxy groups -OCH3 is 1. The van der Waals surface area contributed by atoms with Crippen LogP contribution in [-0.4, -0.2) is 43.8 Å². The molecule has 1 heterocycles. The highest BCUT2D eigenvalue weighted by Crippen LogP contribution is 2.13. The van der Waals surface area contributed by atoms with E-state index in [0.717, 1.165) is 19.6 Å². The Morgan fingerprint density at radius 3 is 2.85 bits per heavy atom. The minimum atomic E-state index is -0.208. The van der Waals surface area contributed by atoms with Crippen molar-refractivity contribution < 1.29 is 9.53 Å². The van der Waals surface area contributed by atoms with E-state index in [0.29, 0.717) is 5.92 Å². The van der Waals surface area contributed by atoms with Gasteiger partial charge in [0, 0.05) is 25.7 Å². The van der Waals surface area contributed by atoms with Gasteiger partial charge in [-0.2, -0.15) is 0 Å². The SMILES string of the molecule is COC(=O)N1CCNCC1C(C)C. The Labute approximate surface area is 79.2 Å². The maximum atomic E-state index is 11.4. The van der Waals surface area contributed by atoms with Crippen molar-refractivity contribution >= 4 is 6.09 Å². The number of carbonyl (C=O) groups is 1. The number of amides is 1. The van der Waals surface area contributed by atoms with Gasteiger partial charge in [-0.15, -0.1) is 0 Å². The van der Waals surface area contributed by atoms with Gasteiger partial charge in [-0.1, -0.05) is 13.8 Å². The molecule has 0 aliphatic carbocycles. The Balaban J connectivity index is 2.61. The first kappa shape index (κ1) is 10.3. The van der Waals surface area contributed by atoms with Crippen molar-refractivity contribution in [2.75, 3.05) is 26.7 Å². The Morgan fingerprint density at radius 1 is 1.62 bits per heavy atom. The van der Waals surface area contributed by atoms with Crippen LogP contribution in [0.3, 0.4) is 0 Å². The summed E-state index contributed by atoms with van der Waals surface area (Å²) in [4.78, 5) is 13.2. The fourth-order valence-corrected chi connectivity index (χ4v) is 1.66. The van der Waals surface area contributed by atoms with E-state index in [4.69, 9.17) is 4.74 Å². The minimum absolute atomic E-state index is 0.208. The predicted molar refractivity (Wildman–Crippen MR) is 50.6 cm³/mol. The predicted octanol–water partition coefficient (Wildman–Crippen LogP) is 0.683. The second-order valence-electron chi connectivity index (χ2n) is 3.68. The first-order chi connectivity index (χ1) is 6.16. The van der Waals surface area contributed by atoms with E-state index in [1.807, 2.05) is 0 Å². The summed E-state index contributed by atoms with van der Waals surface area (Å²) in [6.07, 6.45) is -0.208. The first-order valence-electron chi connectivity index (χ1n) is 4.72. The molecule has 0 radical (unpaired) electrons. The number of rotatable bonds is 1. The average molecular weight is 186 g/mol. The lowest BCUT2D eigenvalue weighted by molar-refractivity contribution is 0.0808. The summed E-state index contributed by atoms with van der Waals surface area (Å²) in [6.45, 7) is 6.71. The van der Waals surface area contributed by atoms with Crippen LogP contribution in [0.1, 0.15) is 13.8 Å². The van der Waals surface area contributed by atoms with Crippen molar-refractivity contribution in [1.82, 2.24) is 10.2 Å². The number of nitrogens with zero attached hydrogens (tertiary/aromatic N) is 1. The molecule has 0 bridgehead atoms. The molecule has 1 aliphatic rings. The zero-order valence-corrected chi connectivity index (χ0v) is 8.54. The zero-order chi connectivity index (χ0) is 9.84. The van der Waals surface area contributed by atoms with E-state index in [2.05, 4.69) is 19.2 Å². The fourth-order valence-electron chi connectivity index (χ4n) is 1.66. The van der Waals surface area contributed by atoms with Crippen LogP contribution < -0.4 is 5.32 Å². The van der Waals surface area contributed by atoms with Crippen molar-refractivity contribution in [2.45, 2.75) is 19.9 Å². The largest absolute Gasteiger partial charge is 0.453 e. The van der Waals surface area contributed by atoms with Gasteiger partial charge in [0.05, 0.1) is 7.11 Å². The van der Waals surface area contributed by atoms with Gasteiger partial charge in [0.1, 0.15) is 0 Å². The van der Waals surface area contributed by atoms with Gasteiger partial charge in [0.15, 0.2) is 0 Å². The summed E-state index contributed by atoms with van der Waals surface area (Å²) in [6, 6.07) is 0.265. The normalized spacial score (nSPS) is 23.4. The maximum Gasteiger partial charge on any atom is 0.409 e. The van der Waals surface area contributed by atoms with Gasteiger partial charge in [0.2, 0.25) is 0 Å². The van der Waals surface area contributed by atoms with Crippen molar-refractivity contribution in [3.8, 4) is 0 Å². The van der Waals surface area contributed by atoms with Crippen LogP contribution in [0.5, 0.6) is 0 Å². The summed E-state index contributed by atoms with van der Waals surface area (Å²) in [5, 5.41) is 3.28. The summed E-state index contributed by atoms with van der Waals surface area (Å²) in [7, 11) is 1.43. The number of piperazine rings is 1. The second kappa shape index (κ2) is 4.46. The highest BCUT2D eigenvalue weighted by molar-refractivity contribution is 5.68. The third-order valence-electron chi connectivity index (χ3n) is 2.46. The van der Waals surface area contributed by atoms with E-state index in [-0.39, 0.29) is 12.1 Å². The lowest BCUT2D eigenvalue weighted by Gasteiger charge is -2.37. The fraction of sp³-hybridized carbons (Fsp3) is 0.889. The maximum absolute atomic E-state index is 11.4. The Bertz CT molecular complexity index is 182. The first-order valence-corrected chi connectivity index (χ1v) is 4.72. The van der Waals surface area contributed by atoms with Gasteiger partial charge in [0.25, 0.3) is 0 Å². The Kier molecular flexibility index (Phi) is 3.54. The summed E-state index contributed by atoms with van der Waals surface area (Å²) in [5.41, 5.74) is 0. The molecule has 76 valence electrons. The van der Waals surface area contributed by atoms with E-state index in [1.165, 1.54) is 7.11 Å². The summed E-state index contributed by atoms with van der Waals surface area (Å²) in [5.74, 6) is 0.465. The lowest BCUT2D eigenvalue weighted by atomic mass is 10.0. The highest BCUT2D eigenvalue weighted by atomic mass is 16.5. The molecule has 1 amide bonds. The van der Waals surface area contributed by atoms with Crippen LogP contribution >= 0.6 is 0 Å². The van der Waals surface area contributed by atoms with Gasteiger partial charge in [-0.3, -0.25) is 0 Å². The molecule has 0 spiro atoms. The monoisotopic (exact) mass is 186 g/mol. The molecule has 1 unspecified atom stereocenters. The molecule has 4 nitrogen and oxygen atoms in total. The topological polar surface area (TPSA) is 41.6 Å². The van der Waals surface area contributed by atoms with Crippen LogP contribution in [0.15, 0.2) is 0 Å². The second-order valence-corrected chi connectivity index (χ2v) is 3.68. The molecule has 1 atom stereocenters. The number of hydrogen-bond acceptors (Lipinski definition) is 3. The van der Waals surface area contributed by atoms with Crippen LogP contribution in [0.4, 0.5) is 4.79 Å². The number of nitrogens with one attached hydrogen (secondary N) is 1. The van der Waals surface area contributed by atoms with Crippen molar-refractivity contribution in [1.29, 1.82) is 0 Å². The molecule has 1 saturated heterocycles. The molecule has 1 aliphatic heterocycles. The van der Waals surface area contributed by atoms with E-state index in [1.54, 1.807) is 4.90 Å². The van der Waals surface area contributed by atoms with Gasteiger partial charge in [-0.05, 0) is 5.92 Å². The van der Waals surface area contributed by atoms with Crippen molar-refractivity contribution in [2.24, 2.45) is 5.92 Å². The molecule has 4 heteroatoms. The standard InChI is InChI=1S/C9H18N2O2/c1-7(2)8-6-10-4-5-11(8)9(12)13-3/h7-8,10H,4-6H2,1-3H3. The number of carbonyl (C=O) groups excluding carboxylic acids is 1. The Morgan fingerprint density at radius 2 is 2.31 bits per heavy atom. The third kappa shape index (κ3) is 2.34. The van der Waals surface area contributed by atoms with Crippen molar-refractivity contribution in [3.05, 3.63) is 0 Å². The molecule has 0 aromatic rings. The zero-order valence-electron chi connectivity index (χ0n) is 8.54.